The molecule has 1 saturated carbocycles. The minimum Gasteiger partial charge on any atom is -0.462 e. The van der Waals surface area contributed by atoms with E-state index in [0.29, 0.717) is 32.1 Å². The van der Waals surface area contributed by atoms with Crippen LogP contribution in [0.5, 0.6) is 0 Å². The number of hydrogen-bond donors (Lipinski definition) is 8. The van der Waals surface area contributed by atoms with Crippen LogP contribution in [-0.2, 0) is 37.5 Å². The van der Waals surface area contributed by atoms with Gasteiger partial charge >= 0.3 is 19.8 Å². The summed E-state index contributed by atoms with van der Waals surface area (Å²) in [7, 11) is -5.47. The summed E-state index contributed by atoms with van der Waals surface area (Å²) in [6.07, 6.45) is 11.2. The molecule has 12 atom stereocenters. The first kappa shape index (κ1) is 57.3. The molecule has 2 rings (SSSR count). The van der Waals surface area contributed by atoms with Gasteiger partial charge in [0.05, 0.1) is 36.9 Å². The van der Waals surface area contributed by atoms with Gasteiger partial charge in [-0.15, -0.1) is 0 Å². The van der Waals surface area contributed by atoms with Crippen LogP contribution >= 0.6 is 7.82 Å². The molecule has 0 aromatic carbocycles. The largest absolute Gasteiger partial charge is 0.472 e. The fourth-order valence-corrected chi connectivity index (χ4v) is 8.27. The van der Waals surface area contributed by atoms with E-state index in [9.17, 15) is 59.6 Å². The van der Waals surface area contributed by atoms with E-state index in [-0.39, 0.29) is 25.7 Å². The smallest absolute Gasteiger partial charge is 0.462 e. The number of Topliss-reactive ketones (excluding diaryl/α,β-unsaturated/α-hetero) is 1. The number of ether oxygens (including phenoxy) is 2. The molecule has 0 spiro atoms. The number of carbonyl (C=O) groups is 3. The highest BCUT2D eigenvalue weighted by Crippen LogP contribution is 2.47. The van der Waals surface area contributed by atoms with Crippen molar-refractivity contribution in [2.45, 2.75) is 191 Å². The zero-order valence-electron chi connectivity index (χ0n) is 37.8. The number of rotatable bonds is 21. The Labute approximate surface area is 379 Å². The van der Waals surface area contributed by atoms with Gasteiger partial charge in [-0.2, -0.15) is 0 Å². The Kier molecular flexibility index (Phi) is 29.3. The topological polar surface area (TPSA) is 267 Å². The van der Waals surface area contributed by atoms with Gasteiger partial charge in [0.25, 0.3) is 0 Å². The van der Waals surface area contributed by atoms with E-state index in [0.717, 1.165) is 44.6 Å². The Morgan fingerprint density at radius 2 is 1.45 bits per heavy atom. The molecule has 2 aliphatic rings. The number of carbonyl (C=O) groups excluding carboxylic acids is 3. The summed E-state index contributed by atoms with van der Waals surface area (Å²) >= 11 is 0. The fraction of sp³-hybridized carbons (Fsp3) is 0.723. The molecule has 16 nitrogen and oxygen atoms in total. The summed E-state index contributed by atoms with van der Waals surface area (Å²) in [5.41, 5.74) is 0. The second-order valence-electron chi connectivity index (χ2n) is 16.7. The van der Waals surface area contributed by atoms with Crippen molar-refractivity contribution in [3.8, 4) is 0 Å². The number of cyclic esters (lactones) is 1. The predicted octanol–water partition coefficient (Wildman–Crippen LogP) is 5.53. The molecule has 1 fully saturated rings. The highest BCUT2D eigenvalue weighted by molar-refractivity contribution is 7.47. The normalized spacial score (nSPS) is 31.9. The second-order valence-corrected chi connectivity index (χ2v) is 18.1. The first-order valence-corrected chi connectivity index (χ1v) is 24.7. The molecule has 0 aromatic rings. The molecular formula is C47H77O16P. The van der Waals surface area contributed by atoms with E-state index in [1.54, 1.807) is 12.2 Å². The average molecular weight is 929 g/mol. The number of fused-ring (bicyclic) bond motifs is 4. The lowest BCUT2D eigenvalue weighted by Crippen LogP contribution is -2.55. The van der Waals surface area contributed by atoms with Crippen molar-refractivity contribution in [2.24, 2.45) is 11.8 Å². The molecule has 0 amide bonds. The standard InChI is InChI=1S/C47H77O16P/c1-3-5-7-8-9-10-11-12-13-14-15-16-17-18-23-27-40(51)60-32-35-33-61-64(58,59)63-47-45(56)43(54)37(30-29-34(48)25-21-6-4-2)39(50)31-38(49)36(42(53)44(55)46(47)57)26-22-19-20-24-28-41(52)62-35/h9-10,12-13,15-16,19,22,29-30,34-38,42-49,53-57H,3-8,11,14,17-18,20-21,23-28,31-33H2,1-2H3,(H,58,59)/b10-9-,13-12-,16-15-,22-19-,30-29+/t34-,35+,36-,37-,38-,42+,43+,44-,45+,46+,47+/m0/s1. The fourth-order valence-electron chi connectivity index (χ4n) is 7.30. The third-order valence-corrected chi connectivity index (χ3v) is 12.2. The number of phosphoric acid groups is 1. The van der Waals surface area contributed by atoms with Crippen LogP contribution in [0.4, 0.5) is 0 Å². The summed E-state index contributed by atoms with van der Waals surface area (Å²) in [5.74, 6) is -5.19. The molecule has 1 aliphatic carbocycles. The number of esters is 2. The van der Waals surface area contributed by atoms with Crippen molar-refractivity contribution in [1.29, 1.82) is 0 Å². The molecule has 2 bridgehead atoms. The van der Waals surface area contributed by atoms with Gasteiger partial charge in [0.1, 0.15) is 36.8 Å². The Morgan fingerprint density at radius 1 is 0.828 bits per heavy atom. The Bertz CT molecular complexity index is 1530. The SMILES string of the molecule is CCCCC/C=C\C/C=C\C/C=C\CCCCC(=O)OC[C@@H]1COP(=O)(O)O[C@H]2[C@H](O)[C@@H](O)[C@H](O)[C@@H](C/C=C\CCCC(=O)O1)[C@@H](O)CC(=O)[C@H](/C=C/[C@@H](O)CCCCC)[C@@H](O)[C@H]2O. The highest BCUT2D eigenvalue weighted by Gasteiger charge is 2.49. The van der Waals surface area contributed by atoms with Crippen LogP contribution in [-0.4, -0.2) is 127 Å². The Hall–Kier alpha value is -2.86. The van der Waals surface area contributed by atoms with Crippen molar-refractivity contribution >= 4 is 25.5 Å². The summed E-state index contributed by atoms with van der Waals surface area (Å²) in [4.78, 5) is 50.0. The van der Waals surface area contributed by atoms with Crippen molar-refractivity contribution in [1.82, 2.24) is 0 Å². The number of ketones is 1. The molecule has 366 valence electrons. The first-order chi connectivity index (χ1) is 30.6. The van der Waals surface area contributed by atoms with E-state index in [2.05, 4.69) is 37.3 Å². The molecular weight excluding hydrogens is 851 g/mol. The summed E-state index contributed by atoms with van der Waals surface area (Å²) in [6.45, 7) is 2.72. The number of hydrogen-bond acceptors (Lipinski definition) is 15. The van der Waals surface area contributed by atoms with E-state index < -0.39 is 112 Å². The van der Waals surface area contributed by atoms with Crippen LogP contribution in [0.3, 0.4) is 0 Å². The molecule has 17 heteroatoms. The van der Waals surface area contributed by atoms with Gasteiger partial charge in [0.15, 0.2) is 6.10 Å². The average Bonchev–Trinajstić information content (AvgIpc) is 3.26. The predicted molar refractivity (Wildman–Crippen MR) is 240 cm³/mol. The van der Waals surface area contributed by atoms with Gasteiger partial charge in [-0.05, 0) is 70.6 Å². The molecule has 8 N–H and O–H groups in total. The Morgan fingerprint density at radius 3 is 2.12 bits per heavy atom. The van der Waals surface area contributed by atoms with Gasteiger partial charge in [-0.1, -0.05) is 107 Å². The number of aliphatic hydroxyl groups excluding tert-OH is 7. The number of allylic oxidation sites excluding steroid dienone is 8. The first-order valence-electron chi connectivity index (χ1n) is 23.2. The van der Waals surface area contributed by atoms with E-state index >= 15 is 0 Å². The van der Waals surface area contributed by atoms with Crippen LogP contribution in [0.25, 0.3) is 0 Å². The van der Waals surface area contributed by atoms with E-state index in [4.69, 9.17) is 18.5 Å². The molecule has 1 aliphatic heterocycles. The Balaban J connectivity index is 2.19. The zero-order chi connectivity index (χ0) is 47.3. The highest BCUT2D eigenvalue weighted by atomic mass is 31.2. The lowest BCUT2D eigenvalue weighted by Gasteiger charge is -2.36. The number of aliphatic hydroxyl groups is 7. The lowest BCUT2D eigenvalue weighted by atomic mass is 9.83. The van der Waals surface area contributed by atoms with Crippen LogP contribution in [0.1, 0.15) is 136 Å². The van der Waals surface area contributed by atoms with Crippen LogP contribution in [0.2, 0.25) is 0 Å². The van der Waals surface area contributed by atoms with Crippen molar-refractivity contribution in [3.63, 3.8) is 0 Å². The van der Waals surface area contributed by atoms with Gasteiger partial charge in [0, 0.05) is 25.2 Å². The molecule has 0 aromatic heterocycles. The van der Waals surface area contributed by atoms with Crippen molar-refractivity contribution in [3.05, 3.63) is 60.8 Å². The minimum absolute atomic E-state index is 0.0517. The molecule has 1 unspecified atom stereocenters. The quantitative estimate of drug-likeness (QED) is 0.0304. The van der Waals surface area contributed by atoms with Crippen LogP contribution in [0, 0.1) is 11.8 Å². The van der Waals surface area contributed by atoms with Crippen molar-refractivity contribution < 1.29 is 78.1 Å². The molecule has 0 radical (unpaired) electrons. The maximum Gasteiger partial charge on any atom is 0.472 e. The summed E-state index contributed by atoms with van der Waals surface area (Å²) < 4.78 is 34.5. The van der Waals surface area contributed by atoms with Crippen LogP contribution < -0.4 is 0 Å². The third-order valence-electron chi connectivity index (χ3n) is 11.2. The van der Waals surface area contributed by atoms with E-state index in [1.807, 2.05) is 13.0 Å². The lowest BCUT2D eigenvalue weighted by molar-refractivity contribution is -0.166. The van der Waals surface area contributed by atoms with Gasteiger partial charge < -0.3 is 50.1 Å². The van der Waals surface area contributed by atoms with Gasteiger partial charge in [-0.3, -0.25) is 23.4 Å². The number of phosphoric ester groups is 1. The number of unbranched alkanes of at least 4 members (excludes halogenated alkanes) is 7. The molecule has 64 heavy (non-hydrogen) atoms. The van der Waals surface area contributed by atoms with Gasteiger partial charge in [0.2, 0.25) is 0 Å². The molecule has 1 heterocycles. The summed E-state index contributed by atoms with van der Waals surface area (Å²) in [5, 5.41) is 78.3. The maximum atomic E-state index is 13.7. The second kappa shape index (κ2) is 32.8. The monoisotopic (exact) mass is 928 g/mol. The minimum atomic E-state index is -5.47. The van der Waals surface area contributed by atoms with E-state index in [1.165, 1.54) is 25.3 Å². The zero-order valence-corrected chi connectivity index (χ0v) is 38.7. The maximum absolute atomic E-state index is 13.7. The van der Waals surface area contributed by atoms with Crippen LogP contribution in [0.15, 0.2) is 60.8 Å². The third kappa shape index (κ3) is 23.0. The summed E-state index contributed by atoms with van der Waals surface area (Å²) in [6, 6.07) is 0. The van der Waals surface area contributed by atoms with Gasteiger partial charge in [-0.25, -0.2) is 4.57 Å². The molecule has 0 saturated heterocycles. The van der Waals surface area contributed by atoms with Crippen molar-refractivity contribution in [2.75, 3.05) is 13.2 Å².